The van der Waals surface area contributed by atoms with Crippen molar-refractivity contribution in [3.8, 4) is 5.69 Å². The number of anilines is 2. The summed E-state index contributed by atoms with van der Waals surface area (Å²) in [5.41, 5.74) is -0.920. The largest absolute Gasteiger partial charge is 0.481 e. The molecule has 1 aliphatic carbocycles. The van der Waals surface area contributed by atoms with Crippen molar-refractivity contribution in [2.24, 2.45) is 11.3 Å². The molecule has 0 bridgehead atoms. The zero-order chi connectivity index (χ0) is 25.6. The van der Waals surface area contributed by atoms with Crippen molar-refractivity contribution in [2.45, 2.75) is 51.8 Å². The molecule has 0 saturated heterocycles. The SMILES string of the molecule is Cc1cc(Nc2nccc(C(F)(F)F)n2)cc(-n2cc([C@@]3(O)CCC(C(=O)O)C(C)(C)C3)nn2)c1. The molecule has 2 atom stereocenters. The van der Waals surface area contributed by atoms with Gasteiger partial charge in [-0.1, -0.05) is 19.1 Å². The molecule has 0 aliphatic heterocycles. The van der Waals surface area contributed by atoms with Crippen LogP contribution in [-0.2, 0) is 16.6 Å². The number of aliphatic carboxylic acids is 1. The number of aliphatic hydroxyl groups is 1. The van der Waals surface area contributed by atoms with E-state index >= 15 is 0 Å². The summed E-state index contributed by atoms with van der Waals surface area (Å²) >= 11 is 0. The number of carboxylic acids is 1. The highest BCUT2D eigenvalue weighted by molar-refractivity contribution is 5.71. The number of carboxylic acid groups (broad SMARTS) is 1. The van der Waals surface area contributed by atoms with Crippen LogP contribution in [0.2, 0.25) is 0 Å². The number of aromatic nitrogens is 5. The van der Waals surface area contributed by atoms with Crippen LogP contribution in [0.15, 0.2) is 36.7 Å². The lowest BCUT2D eigenvalue weighted by atomic mass is 9.62. The standard InChI is InChI=1S/C23H25F3N6O3/c1-13-8-14(28-20-27-7-5-17(29-20)23(24,25)26)10-15(9-13)32-11-18(30-31-32)22(35)6-4-16(19(33)34)21(2,3)12-22/h5,7-11,16,35H,4,6,12H2,1-3H3,(H,33,34)(H,27,28,29)/t16?,22-/m1/s1. The number of rotatable bonds is 5. The molecule has 0 spiro atoms. The molecule has 1 saturated carbocycles. The average Bonchev–Trinajstić information content (AvgIpc) is 3.23. The Morgan fingerprint density at radius 2 is 2.00 bits per heavy atom. The molecule has 186 valence electrons. The van der Waals surface area contributed by atoms with E-state index in [1.807, 2.05) is 20.8 Å². The van der Waals surface area contributed by atoms with Crippen LogP contribution in [0.4, 0.5) is 24.8 Å². The zero-order valence-electron chi connectivity index (χ0n) is 19.3. The van der Waals surface area contributed by atoms with Crippen molar-refractivity contribution in [2.75, 3.05) is 5.32 Å². The number of hydrogen-bond donors (Lipinski definition) is 3. The van der Waals surface area contributed by atoms with Gasteiger partial charge in [0.25, 0.3) is 0 Å². The predicted molar refractivity (Wildman–Crippen MR) is 119 cm³/mol. The van der Waals surface area contributed by atoms with E-state index in [9.17, 15) is 28.2 Å². The van der Waals surface area contributed by atoms with Gasteiger partial charge in [-0.2, -0.15) is 13.2 Å². The highest BCUT2D eigenvalue weighted by Gasteiger charge is 2.49. The maximum Gasteiger partial charge on any atom is 0.433 e. The number of hydrogen-bond acceptors (Lipinski definition) is 7. The number of halogens is 3. The van der Waals surface area contributed by atoms with E-state index in [4.69, 9.17) is 0 Å². The maximum atomic E-state index is 13.0. The molecule has 1 unspecified atom stereocenters. The van der Waals surface area contributed by atoms with Crippen LogP contribution in [0.3, 0.4) is 0 Å². The van der Waals surface area contributed by atoms with Gasteiger partial charge in [0.2, 0.25) is 5.95 Å². The molecule has 4 rings (SSSR count). The molecule has 9 nitrogen and oxygen atoms in total. The summed E-state index contributed by atoms with van der Waals surface area (Å²) in [6.45, 7) is 5.44. The topological polar surface area (TPSA) is 126 Å². The third kappa shape index (κ3) is 5.11. The second kappa shape index (κ2) is 8.59. The monoisotopic (exact) mass is 490 g/mol. The lowest BCUT2D eigenvalue weighted by molar-refractivity contribution is -0.154. The van der Waals surface area contributed by atoms with E-state index in [0.717, 1.165) is 17.8 Å². The number of carbonyl (C=O) groups is 1. The van der Waals surface area contributed by atoms with Gasteiger partial charge in [-0.05, 0) is 61.4 Å². The van der Waals surface area contributed by atoms with Crippen LogP contribution in [0.1, 0.15) is 50.1 Å². The lowest BCUT2D eigenvalue weighted by Crippen LogP contribution is -2.44. The quantitative estimate of drug-likeness (QED) is 0.485. The summed E-state index contributed by atoms with van der Waals surface area (Å²) in [6, 6.07) is 5.95. The highest BCUT2D eigenvalue weighted by atomic mass is 19.4. The third-order valence-corrected chi connectivity index (χ3v) is 6.34. The summed E-state index contributed by atoms with van der Waals surface area (Å²) in [5.74, 6) is -1.66. The first-order valence-electron chi connectivity index (χ1n) is 10.9. The van der Waals surface area contributed by atoms with Gasteiger partial charge in [-0.15, -0.1) is 5.10 Å². The molecule has 3 aromatic rings. The van der Waals surface area contributed by atoms with E-state index < -0.39 is 34.8 Å². The Bertz CT molecular complexity index is 1260. The van der Waals surface area contributed by atoms with Crippen molar-refractivity contribution < 1.29 is 28.2 Å². The predicted octanol–water partition coefficient (Wildman–Crippen LogP) is 4.23. The van der Waals surface area contributed by atoms with Crippen LogP contribution in [0, 0.1) is 18.3 Å². The lowest BCUT2D eigenvalue weighted by Gasteiger charge is -2.44. The van der Waals surface area contributed by atoms with Crippen LogP contribution in [-0.4, -0.2) is 41.1 Å². The van der Waals surface area contributed by atoms with Crippen molar-refractivity contribution >= 4 is 17.6 Å². The molecule has 12 heteroatoms. The van der Waals surface area contributed by atoms with Crippen molar-refractivity contribution in [3.63, 3.8) is 0 Å². The number of aryl methyl sites for hydroxylation is 1. The minimum Gasteiger partial charge on any atom is -0.481 e. The fourth-order valence-electron chi connectivity index (χ4n) is 4.69. The molecule has 1 aromatic carbocycles. The Kier molecular flexibility index (Phi) is 6.04. The van der Waals surface area contributed by atoms with E-state index in [1.54, 1.807) is 24.4 Å². The van der Waals surface area contributed by atoms with Gasteiger partial charge in [0.05, 0.1) is 17.8 Å². The first-order valence-corrected chi connectivity index (χ1v) is 10.9. The molecule has 0 radical (unpaired) electrons. The third-order valence-electron chi connectivity index (χ3n) is 6.34. The zero-order valence-corrected chi connectivity index (χ0v) is 19.3. The molecular weight excluding hydrogens is 465 g/mol. The fraction of sp³-hybridized carbons (Fsp3) is 0.435. The summed E-state index contributed by atoms with van der Waals surface area (Å²) in [4.78, 5) is 19.0. The molecule has 1 aliphatic rings. The average molecular weight is 490 g/mol. The van der Waals surface area contributed by atoms with Gasteiger partial charge in [0.15, 0.2) is 0 Å². The van der Waals surface area contributed by atoms with Gasteiger partial charge >= 0.3 is 12.1 Å². The van der Waals surface area contributed by atoms with E-state index in [-0.39, 0.29) is 18.8 Å². The van der Waals surface area contributed by atoms with E-state index in [0.29, 0.717) is 23.5 Å². The normalized spacial score (nSPS) is 22.1. The summed E-state index contributed by atoms with van der Waals surface area (Å²) in [7, 11) is 0. The van der Waals surface area contributed by atoms with Crippen molar-refractivity contribution in [1.29, 1.82) is 0 Å². The second-order valence-electron chi connectivity index (χ2n) is 9.62. The maximum absolute atomic E-state index is 13.0. The first-order chi connectivity index (χ1) is 16.3. The Balaban J connectivity index is 1.59. The summed E-state index contributed by atoms with van der Waals surface area (Å²) in [6.07, 6.45) is -1.23. The van der Waals surface area contributed by atoms with Gasteiger partial charge in [0.1, 0.15) is 17.0 Å². The van der Waals surface area contributed by atoms with Gasteiger partial charge in [-0.3, -0.25) is 4.79 Å². The molecule has 0 amide bonds. The molecule has 1 fully saturated rings. The highest BCUT2D eigenvalue weighted by Crippen LogP contribution is 2.49. The summed E-state index contributed by atoms with van der Waals surface area (Å²) in [5, 5.41) is 31.9. The molecular formula is C23H25F3N6O3. The number of nitrogens with one attached hydrogen (secondary N) is 1. The second-order valence-corrected chi connectivity index (χ2v) is 9.62. The van der Waals surface area contributed by atoms with Gasteiger partial charge in [-0.25, -0.2) is 14.6 Å². The van der Waals surface area contributed by atoms with E-state index in [1.165, 1.54) is 4.68 Å². The van der Waals surface area contributed by atoms with E-state index in [2.05, 4.69) is 25.6 Å². The van der Waals surface area contributed by atoms with Crippen LogP contribution >= 0.6 is 0 Å². The minimum atomic E-state index is -4.59. The Labute approximate surface area is 199 Å². The van der Waals surface area contributed by atoms with Gasteiger partial charge in [0, 0.05) is 11.9 Å². The molecule has 3 N–H and O–H groups in total. The van der Waals surface area contributed by atoms with Crippen LogP contribution in [0.5, 0.6) is 0 Å². The van der Waals surface area contributed by atoms with Crippen LogP contribution < -0.4 is 5.32 Å². The smallest absolute Gasteiger partial charge is 0.433 e. The van der Waals surface area contributed by atoms with Crippen molar-refractivity contribution in [3.05, 3.63) is 53.6 Å². The molecule has 2 aromatic heterocycles. The number of nitrogens with zero attached hydrogens (tertiary/aromatic N) is 5. The van der Waals surface area contributed by atoms with Gasteiger partial charge < -0.3 is 15.5 Å². The number of benzene rings is 1. The minimum absolute atomic E-state index is 0.206. The first kappa shape index (κ1) is 24.6. The fourth-order valence-corrected chi connectivity index (χ4v) is 4.69. The van der Waals surface area contributed by atoms with Crippen molar-refractivity contribution in [1.82, 2.24) is 25.0 Å². The molecule has 2 heterocycles. The Hall–Kier alpha value is -3.54. The Morgan fingerprint density at radius 1 is 1.26 bits per heavy atom. The molecule has 35 heavy (non-hydrogen) atoms. The van der Waals surface area contributed by atoms with Crippen LogP contribution in [0.25, 0.3) is 5.69 Å². The summed E-state index contributed by atoms with van der Waals surface area (Å²) < 4.78 is 40.4. The number of alkyl halides is 3. The Morgan fingerprint density at radius 3 is 2.66 bits per heavy atom.